The molecule has 2 heteroatoms. The normalized spacial score (nSPS) is 57.6. The molecule has 2 aliphatic rings. The Bertz CT molecular complexity index is 49.9. The van der Waals surface area contributed by atoms with Crippen LogP contribution in [0.1, 0.15) is 0 Å². The molecule has 0 amide bonds. The van der Waals surface area contributed by atoms with Gasteiger partial charge in [-0.05, 0) is 0 Å². The smallest absolute Gasteiger partial charge is 0.186 e. The van der Waals surface area contributed by atoms with E-state index in [0.717, 1.165) is 6.61 Å². The number of hydrogen-bond donors (Lipinski definition) is 0. The Labute approximate surface area is 29.7 Å². The number of fused-ring (bicyclic) bond motifs is 1. The Balaban J connectivity index is 2.19. The highest BCUT2D eigenvalue weighted by Gasteiger charge is 2.49. The van der Waals surface area contributed by atoms with Gasteiger partial charge in [0.05, 0.1) is 6.61 Å². The first-order chi connectivity index (χ1) is 2.47. The summed E-state index contributed by atoms with van der Waals surface area (Å²) in [6.07, 6.45) is 0.741. The molecular weight excluding hydrogens is 68.0 g/mol. The minimum Gasteiger partial charge on any atom is -0.347 e. The fraction of sp³-hybridized carbons (Fsp3) is 1.00. The summed E-state index contributed by atoms with van der Waals surface area (Å²) in [6, 6.07) is 0. The van der Waals surface area contributed by atoms with Crippen LogP contribution in [0.3, 0.4) is 0 Å². The predicted molar refractivity (Wildman–Crippen MR) is 14.6 cm³/mol. The summed E-state index contributed by atoms with van der Waals surface area (Å²) in [6.45, 7) is 0.838. The van der Waals surface area contributed by atoms with Crippen LogP contribution in [-0.4, -0.2) is 19.0 Å². The summed E-state index contributed by atoms with van der Waals surface area (Å²) in [5, 5.41) is 0. The molecule has 2 atom stereocenters. The molecule has 2 fully saturated rings. The maximum atomic E-state index is 4.81. The van der Waals surface area contributed by atoms with Gasteiger partial charge in [-0.25, -0.2) is 0 Å². The van der Waals surface area contributed by atoms with E-state index in [9.17, 15) is 0 Å². The van der Waals surface area contributed by atoms with E-state index >= 15 is 0 Å². The Morgan fingerprint density at radius 2 is 2.40 bits per heavy atom. The van der Waals surface area contributed by atoms with Crippen molar-refractivity contribution in [2.75, 3.05) is 6.61 Å². The van der Waals surface area contributed by atoms with E-state index in [1.165, 1.54) is 0 Å². The molecule has 0 radical (unpaired) electrons. The second kappa shape index (κ2) is 0.420. The van der Waals surface area contributed by atoms with Gasteiger partial charge in [-0.3, -0.25) is 0 Å². The SMILES string of the molecule is C1OC2OC12. The van der Waals surface area contributed by atoms with Crippen molar-refractivity contribution < 1.29 is 9.47 Å². The molecule has 0 N–H and O–H groups in total. The van der Waals surface area contributed by atoms with Gasteiger partial charge in [0.15, 0.2) is 6.29 Å². The zero-order valence-corrected chi connectivity index (χ0v) is 2.68. The van der Waals surface area contributed by atoms with E-state index in [0.29, 0.717) is 6.10 Å². The lowest BCUT2D eigenvalue weighted by atomic mass is 10.4. The van der Waals surface area contributed by atoms with Gasteiger partial charge in [-0.15, -0.1) is 0 Å². The van der Waals surface area contributed by atoms with Crippen LogP contribution < -0.4 is 0 Å². The molecule has 5 heavy (non-hydrogen) atoms. The first-order valence-corrected chi connectivity index (χ1v) is 1.74. The van der Waals surface area contributed by atoms with Crippen LogP contribution in [0.5, 0.6) is 0 Å². The Morgan fingerprint density at radius 3 is 2.40 bits per heavy atom. The summed E-state index contributed by atoms with van der Waals surface area (Å²) in [5.74, 6) is 0. The second-order valence-corrected chi connectivity index (χ2v) is 1.38. The Kier molecular flexibility index (Phi) is 0.181. The molecule has 0 aromatic carbocycles. The number of epoxide rings is 1. The first kappa shape index (κ1) is 2.16. The number of ether oxygens (including phenoxy) is 2. The molecule has 2 rings (SSSR count). The fourth-order valence-electron chi connectivity index (χ4n) is 0.459. The molecule has 2 aliphatic heterocycles. The minimum absolute atomic E-state index is 0.231. The Hall–Kier alpha value is -0.0800. The van der Waals surface area contributed by atoms with Crippen molar-refractivity contribution in [3.8, 4) is 0 Å². The summed E-state index contributed by atoms with van der Waals surface area (Å²) >= 11 is 0. The van der Waals surface area contributed by atoms with E-state index in [1.807, 2.05) is 0 Å². The standard InChI is InChI=1S/C3H4O2/c1-2-3(4-1)5-2/h2-3H,1H2. The molecule has 2 unspecified atom stereocenters. The molecular formula is C3H4O2. The lowest BCUT2D eigenvalue weighted by Crippen LogP contribution is -2.17. The van der Waals surface area contributed by atoms with Crippen LogP contribution in [0.15, 0.2) is 0 Å². The van der Waals surface area contributed by atoms with Crippen LogP contribution in [0.4, 0.5) is 0 Å². The quantitative estimate of drug-likeness (QED) is 0.368. The predicted octanol–water partition coefficient (Wildman–Crippen LogP) is -0.258. The van der Waals surface area contributed by atoms with Crippen molar-refractivity contribution in [2.24, 2.45) is 0 Å². The maximum absolute atomic E-state index is 4.81. The van der Waals surface area contributed by atoms with Gasteiger partial charge in [0.25, 0.3) is 0 Å². The van der Waals surface area contributed by atoms with Crippen molar-refractivity contribution >= 4 is 0 Å². The van der Waals surface area contributed by atoms with Gasteiger partial charge < -0.3 is 9.47 Å². The lowest BCUT2D eigenvalue weighted by molar-refractivity contribution is 0.0329. The molecule has 0 aromatic heterocycles. The molecule has 2 nitrogen and oxygen atoms in total. The molecule has 2 heterocycles. The van der Waals surface area contributed by atoms with Crippen LogP contribution in [0, 0.1) is 0 Å². The molecule has 28 valence electrons. The lowest BCUT2D eigenvalue weighted by Gasteiger charge is -2.01. The van der Waals surface area contributed by atoms with Gasteiger partial charge in [-0.2, -0.15) is 0 Å². The van der Waals surface area contributed by atoms with Crippen LogP contribution >= 0.6 is 0 Å². The number of hydrogen-bond acceptors (Lipinski definition) is 2. The second-order valence-electron chi connectivity index (χ2n) is 1.38. The number of rotatable bonds is 0. The van der Waals surface area contributed by atoms with Gasteiger partial charge in [0, 0.05) is 0 Å². The topological polar surface area (TPSA) is 21.8 Å². The Morgan fingerprint density at radius 1 is 1.60 bits per heavy atom. The van der Waals surface area contributed by atoms with Crippen LogP contribution in [0.25, 0.3) is 0 Å². The molecule has 0 bridgehead atoms. The third-order valence-corrected chi connectivity index (χ3v) is 0.961. The third-order valence-electron chi connectivity index (χ3n) is 0.961. The average molecular weight is 72.1 g/mol. The minimum atomic E-state index is 0.231. The fourth-order valence-corrected chi connectivity index (χ4v) is 0.459. The van der Waals surface area contributed by atoms with E-state index in [-0.39, 0.29) is 6.29 Å². The molecule has 0 saturated carbocycles. The van der Waals surface area contributed by atoms with E-state index in [2.05, 4.69) is 0 Å². The average Bonchev–Trinajstić information content (AvgIpc) is 1.74. The highest BCUT2D eigenvalue weighted by atomic mass is 16.8. The molecule has 0 spiro atoms. The monoisotopic (exact) mass is 72.0 g/mol. The summed E-state index contributed by atoms with van der Waals surface area (Å²) < 4.78 is 9.59. The van der Waals surface area contributed by atoms with Gasteiger partial charge in [0.1, 0.15) is 6.10 Å². The highest BCUT2D eigenvalue weighted by molar-refractivity contribution is 4.84. The zero-order chi connectivity index (χ0) is 3.28. The van der Waals surface area contributed by atoms with Crippen LogP contribution in [-0.2, 0) is 9.47 Å². The van der Waals surface area contributed by atoms with Crippen molar-refractivity contribution in [1.82, 2.24) is 0 Å². The zero-order valence-electron chi connectivity index (χ0n) is 2.68. The van der Waals surface area contributed by atoms with Gasteiger partial charge >= 0.3 is 0 Å². The van der Waals surface area contributed by atoms with Gasteiger partial charge in [-0.1, -0.05) is 0 Å². The van der Waals surface area contributed by atoms with E-state index < -0.39 is 0 Å². The van der Waals surface area contributed by atoms with Crippen molar-refractivity contribution in [3.05, 3.63) is 0 Å². The molecule has 0 aliphatic carbocycles. The van der Waals surface area contributed by atoms with Crippen molar-refractivity contribution in [2.45, 2.75) is 12.4 Å². The molecule has 0 aromatic rings. The third kappa shape index (κ3) is 0.121. The summed E-state index contributed by atoms with van der Waals surface area (Å²) in [7, 11) is 0. The highest BCUT2D eigenvalue weighted by Crippen LogP contribution is 2.32. The van der Waals surface area contributed by atoms with E-state index in [1.54, 1.807) is 0 Å². The van der Waals surface area contributed by atoms with Gasteiger partial charge in [0.2, 0.25) is 0 Å². The van der Waals surface area contributed by atoms with Crippen LogP contribution in [0.2, 0.25) is 0 Å². The first-order valence-electron chi connectivity index (χ1n) is 1.74. The maximum Gasteiger partial charge on any atom is 0.186 e. The van der Waals surface area contributed by atoms with Crippen molar-refractivity contribution in [1.29, 1.82) is 0 Å². The summed E-state index contributed by atoms with van der Waals surface area (Å²) in [4.78, 5) is 0. The van der Waals surface area contributed by atoms with Crippen molar-refractivity contribution in [3.63, 3.8) is 0 Å². The largest absolute Gasteiger partial charge is 0.347 e. The van der Waals surface area contributed by atoms with E-state index in [4.69, 9.17) is 9.47 Å². The summed E-state index contributed by atoms with van der Waals surface area (Å²) in [5.41, 5.74) is 0. The molecule has 2 saturated heterocycles.